The number of rotatable bonds is 7. The fraction of sp³-hybridized carbons (Fsp3) is 0.344. The third kappa shape index (κ3) is 7.68. The van der Waals surface area contributed by atoms with Gasteiger partial charge < -0.3 is 29.7 Å². The summed E-state index contributed by atoms with van der Waals surface area (Å²) in [5.41, 5.74) is 1.57. The number of oxazole rings is 2. The minimum absolute atomic E-state index is 0.0793. The van der Waals surface area contributed by atoms with Gasteiger partial charge in [0.1, 0.15) is 11.0 Å². The molecule has 1 amide bonds. The Morgan fingerprint density at radius 2 is 1.50 bits per heavy atom. The Hall–Kier alpha value is -4.00. The van der Waals surface area contributed by atoms with Gasteiger partial charge in [-0.15, -0.1) is 0 Å². The second-order valence-electron chi connectivity index (χ2n) is 11.3. The third-order valence-corrected chi connectivity index (χ3v) is 8.45. The zero-order valence-electron chi connectivity index (χ0n) is 24.5. The van der Waals surface area contributed by atoms with Gasteiger partial charge in [0, 0.05) is 48.4 Å². The van der Waals surface area contributed by atoms with E-state index in [9.17, 15) is 18.0 Å². The minimum Gasteiger partial charge on any atom is -0.424 e. The summed E-state index contributed by atoms with van der Waals surface area (Å²) in [6.07, 6.45) is -2.68. The van der Waals surface area contributed by atoms with Crippen LogP contribution < -0.4 is 16.0 Å². The summed E-state index contributed by atoms with van der Waals surface area (Å²) in [4.78, 5) is 22.8. The Morgan fingerprint density at radius 1 is 0.891 bits per heavy atom. The highest BCUT2D eigenvalue weighted by Gasteiger charge is 2.37. The Morgan fingerprint density at radius 3 is 2.09 bits per heavy atom. The predicted octanol–water partition coefficient (Wildman–Crippen LogP) is 7.58. The summed E-state index contributed by atoms with van der Waals surface area (Å²) in [7, 11) is 0. The standard InChI is InChI=1S/C20H17ClF3N3O2.C12H14ClN3O/c21-13-5-6-16-17(9-13)29-19(26-16)25-10-12-7-8-27(11-12)18(28)14-3-1-2-4-15(14)20(22,23)24;13-9-1-2-10-11(5-9)17-12(16-10)15-7-8-3-4-14-6-8/h1-6,9,12H,7-8,10-11H2,(H,25,26);1-2,5,8,14H,3-4,6-7H2,(H,15,16)/t12-;8-/m01/s1. The second-order valence-corrected chi connectivity index (χ2v) is 12.2. The van der Waals surface area contributed by atoms with Crippen molar-refractivity contribution in [3.63, 3.8) is 0 Å². The van der Waals surface area contributed by atoms with Crippen LogP contribution in [0.15, 0.2) is 69.5 Å². The van der Waals surface area contributed by atoms with Crippen molar-refractivity contribution < 1.29 is 26.8 Å². The van der Waals surface area contributed by atoms with Crippen LogP contribution in [0, 0.1) is 11.8 Å². The number of fused-ring (bicyclic) bond motifs is 2. The molecule has 2 aromatic heterocycles. The van der Waals surface area contributed by atoms with Gasteiger partial charge in [-0.2, -0.15) is 23.1 Å². The Balaban J connectivity index is 0.000000185. The van der Waals surface area contributed by atoms with Crippen molar-refractivity contribution in [3.8, 4) is 0 Å². The van der Waals surface area contributed by atoms with E-state index >= 15 is 0 Å². The summed E-state index contributed by atoms with van der Waals surface area (Å²) in [6.45, 7) is 4.33. The molecule has 2 fully saturated rings. The molecule has 2 saturated heterocycles. The van der Waals surface area contributed by atoms with Crippen LogP contribution in [0.25, 0.3) is 22.2 Å². The van der Waals surface area contributed by atoms with Crippen LogP contribution in [-0.4, -0.2) is 60.0 Å². The maximum Gasteiger partial charge on any atom is 0.417 e. The molecule has 9 nitrogen and oxygen atoms in total. The monoisotopic (exact) mass is 674 g/mol. The molecule has 14 heteroatoms. The molecule has 0 bridgehead atoms. The van der Waals surface area contributed by atoms with Crippen molar-refractivity contribution in [1.82, 2.24) is 20.2 Å². The molecule has 0 unspecified atom stereocenters. The number of likely N-dealkylation sites (tertiary alicyclic amines) is 1. The van der Waals surface area contributed by atoms with E-state index in [1.807, 2.05) is 12.1 Å². The molecular weight excluding hydrogens is 644 g/mol. The Labute approximate surface area is 272 Å². The topological polar surface area (TPSA) is 108 Å². The summed E-state index contributed by atoms with van der Waals surface area (Å²) in [5, 5.41) is 10.9. The van der Waals surface area contributed by atoms with Gasteiger partial charge in [0.15, 0.2) is 11.2 Å². The lowest BCUT2D eigenvalue weighted by atomic mass is 10.1. The lowest BCUT2D eigenvalue weighted by molar-refractivity contribution is -0.138. The zero-order valence-corrected chi connectivity index (χ0v) is 26.1. The van der Waals surface area contributed by atoms with Crippen LogP contribution in [0.1, 0.15) is 28.8 Å². The molecule has 0 spiro atoms. The first-order valence-corrected chi connectivity index (χ1v) is 15.6. The number of aromatic nitrogens is 2. The third-order valence-electron chi connectivity index (χ3n) is 7.98. The van der Waals surface area contributed by atoms with Gasteiger partial charge in [-0.05, 0) is 74.2 Å². The molecule has 0 saturated carbocycles. The van der Waals surface area contributed by atoms with Gasteiger partial charge in [-0.25, -0.2) is 0 Å². The van der Waals surface area contributed by atoms with E-state index in [1.165, 1.54) is 29.5 Å². The number of nitrogens with zero attached hydrogens (tertiary/aromatic N) is 3. The van der Waals surface area contributed by atoms with Crippen LogP contribution >= 0.6 is 23.2 Å². The van der Waals surface area contributed by atoms with E-state index in [-0.39, 0.29) is 11.5 Å². The van der Waals surface area contributed by atoms with E-state index < -0.39 is 17.6 Å². The SMILES string of the molecule is Clc1ccc2nc(NC[C@@H]3CCNC3)oc2c1.O=C(c1ccccc1C(F)(F)F)N1CC[C@@H](CNc2nc3ccc(Cl)cc3o2)C1. The average molecular weight is 676 g/mol. The smallest absolute Gasteiger partial charge is 0.417 e. The van der Waals surface area contributed by atoms with Crippen molar-refractivity contribution in [1.29, 1.82) is 0 Å². The highest BCUT2D eigenvalue weighted by molar-refractivity contribution is 6.31. The summed E-state index contributed by atoms with van der Waals surface area (Å²) in [6, 6.07) is 16.4. The van der Waals surface area contributed by atoms with E-state index in [4.69, 9.17) is 32.0 Å². The number of hydrogen-bond acceptors (Lipinski definition) is 8. The summed E-state index contributed by atoms with van der Waals surface area (Å²) in [5.74, 6) is 0.140. The molecule has 46 heavy (non-hydrogen) atoms. The van der Waals surface area contributed by atoms with Gasteiger partial charge in [-0.3, -0.25) is 4.79 Å². The number of amides is 1. The largest absolute Gasteiger partial charge is 0.424 e. The Bertz CT molecular complexity index is 1820. The highest BCUT2D eigenvalue weighted by Crippen LogP contribution is 2.33. The number of carbonyl (C=O) groups excluding carboxylic acids is 1. The minimum atomic E-state index is -4.57. The van der Waals surface area contributed by atoms with Crippen LogP contribution in [0.2, 0.25) is 10.0 Å². The van der Waals surface area contributed by atoms with Gasteiger partial charge in [0.25, 0.3) is 17.9 Å². The maximum absolute atomic E-state index is 13.2. The molecule has 2 aliphatic rings. The van der Waals surface area contributed by atoms with Crippen molar-refractivity contribution in [2.75, 3.05) is 49.9 Å². The van der Waals surface area contributed by atoms with Crippen LogP contribution in [0.5, 0.6) is 0 Å². The van der Waals surface area contributed by atoms with E-state index in [2.05, 4.69) is 25.9 Å². The highest BCUT2D eigenvalue weighted by atomic mass is 35.5. The number of hydrogen-bond donors (Lipinski definition) is 3. The lowest BCUT2D eigenvalue weighted by Crippen LogP contribution is -2.31. The molecule has 242 valence electrons. The van der Waals surface area contributed by atoms with Crippen molar-refractivity contribution in [2.45, 2.75) is 19.0 Å². The first kappa shape index (κ1) is 32.0. The molecule has 7 rings (SSSR count). The fourth-order valence-corrected chi connectivity index (χ4v) is 5.90. The molecule has 3 aromatic carbocycles. The number of halogens is 5. The summed E-state index contributed by atoms with van der Waals surface area (Å²) >= 11 is 11.8. The van der Waals surface area contributed by atoms with Gasteiger partial charge in [0.2, 0.25) is 0 Å². The van der Waals surface area contributed by atoms with Crippen molar-refractivity contribution >= 4 is 63.3 Å². The van der Waals surface area contributed by atoms with Gasteiger partial charge in [-0.1, -0.05) is 35.3 Å². The number of carbonyl (C=O) groups is 1. The molecule has 0 radical (unpaired) electrons. The molecule has 2 aliphatic heterocycles. The first-order valence-electron chi connectivity index (χ1n) is 14.9. The van der Waals surface area contributed by atoms with Crippen LogP contribution in [0.3, 0.4) is 0 Å². The quantitative estimate of drug-likeness (QED) is 0.162. The lowest BCUT2D eigenvalue weighted by Gasteiger charge is -2.19. The van der Waals surface area contributed by atoms with Gasteiger partial charge in [0.05, 0.1) is 11.1 Å². The van der Waals surface area contributed by atoms with Crippen LogP contribution in [0.4, 0.5) is 25.2 Å². The normalized spacial score (nSPS) is 18.2. The predicted molar refractivity (Wildman–Crippen MR) is 171 cm³/mol. The molecular formula is C32H31Cl2F3N6O3. The van der Waals surface area contributed by atoms with Crippen LogP contribution in [-0.2, 0) is 6.18 Å². The molecule has 3 N–H and O–H groups in total. The molecule has 0 aliphatic carbocycles. The number of anilines is 2. The number of benzene rings is 3. The zero-order chi connectivity index (χ0) is 32.3. The van der Waals surface area contributed by atoms with Crippen molar-refractivity contribution in [3.05, 3.63) is 81.8 Å². The van der Waals surface area contributed by atoms with E-state index in [0.717, 1.165) is 36.8 Å². The molecule has 5 aromatic rings. The van der Waals surface area contributed by atoms with Crippen molar-refractivity contribution in [2.24, 2.45) is 11.8 Å². The van der Waals surface area contributed by atoms with E-state index in [0.29, 0.717) is 65.1 Å². The molecule has 2 atom stereocenters. The summed E-state index contributed by atoms with van der Waals surface area (Å²) < 4.78 is 50.7. The maximum atomic E-state index is 13.2. The molecule has 4 heterocycles. The van der Waals surface area contributed by atoms with Gasteiger partial charge >= 0.3 is 6.18 Å². The fourth-order valence-electron chi connectivity index (χ4n) is 5.57. The second kappa shape index (κ2) is 13.8. The number of nitrogens with one attached hydrogen (secondary N) is 3. The van der Waals surface area contributed by atoms with E-state index in [1.54, 1.807) is 24.3 Å². The average Bonchev–Trinajstić information content (AvgIpc) is 3.85. The number of alkyl halides is 3. The Kier molecular flexibility index (Phi) is 9.57. The first-order chi connectivity index (χ1) is 22.1.